The molecule has 1 aliphatic heterocycles. The van der Waals surface area contributed by atoms with E-state index in [0.717, 1.165) is 21.5 Å². The molecule has 2 aromatic carbocycles. The van der Waals surface area contributed by atoms with E-state index >= 15 is 0 Å². The minimum atomic E-state index is -1.06. The Balaban J connectivity index is 1.58. The number of amidine groups is 1. The van der Waals surface area contributed by atoms with Crippen LogP contribution in [0.15, 0.2) is 77.6 Å². The number of nitrogens with zero attached hydrogens (tertiary/aromatic N) is 3. The minimum absolute atomic E-state index is 0.0658. The van der Waals surface area contributed by atoms with Crippen LogP contribution in [0.2, 0.25) is 0 Å². The van der Waals surface area contributed by atoms with Crippen molar-refractivity contribution in [2.75, 3.05) is 12.1 Å². The number of carboxylic acids is 1. The number of hydrazone groups is 1. The highest BCUT2D eigenvalue weighted by molar-refractivity contribution is 6.29. The van der Waals surface area contributed by atoms with Gasteiger partial charge in [0.25, 0.3) is 5.91 Å². The van der Waals surface area contributed by atoms with Gasteiger partial charge < -0.3 is 20.1 Å². The van der Waals surface area contributed by atoms with Crippen molar-refractivity contribution in [3.05, 3.63) is 83.6 Å². The Morgan fingerprint density at radius 1 is 1.17 bits per heavy atom. The minimum Gasteiger partial charge on any atom is -0.478 e. The van der Waals surface area contributed by atoms with Gasteiger partial charge in [0.1, 0.15) is 0 Å². The molecule has 0 radical (unpaired) electrons. The summed E-state index contributed by atoms with van der Waals surface area (Å²) in [5, 5.41) is 15.3. The first-order valence-corrected chi connectivity index (χ1v) is 10.9. The number of allylic oxidation sites excluding steroid dienone is 2. The summed E-state index contributed by atoms with van der Waals surface area (Å²) >= 11 is 0. The van der Waals surface area contributed by atoms with E-state index in [0.29, 0.717) is 5.69 Å². The number of methoxy groups -OCH3 is 1. The number of ether oxygens (including phenoxy) is 1. The lowest BCUT2D eigenvalue weighted by molar-refractivity contribution is -0.141. The van der Waals surface area contributed by atoms with Gasteiger partial charge in [-0.25, -0.2) is 4.79 Å². The second kappa shape index (κ2) is 9.68. The average Bonchev–Trinajstić information content (AvgIpc) is 3.36. The van der Waals surface area contributed by atoms with Crippen LogP contribution in [0.5, 0.6) is 0 Å². The van der Waals surface area contributed by atoms with Gasteiger partial charge in [0.2, 0.25) is 0 Å². The van der Waals surface area contributed by atoms with Crippen LogP contribution in [-0.2, 0) is 14.3 Å². The molecule has 0 aliphatic carbocycles. The van der Waals surface area contributed by atoms with E-state index in [1.54, 1.807) is 12.2 Å². The molecule has 35 heavy (non-hydrogen) atoms. The second-order valence-corrected chi connectivity index (χ2v) is 8.03. The Bertz CT molecular complexity index is 1400. The van der Waals surface area contributed by atoms with Crippen LogP contribution in [0.4, 0.5) is 5.69 Å². The fraction of sp³-hybridized carbons (Fsp3) is 0.154. The van der Waals surface area contributed by atoms with Crippen molar-refractivity contribution in [1.29, 1.82) is 0 Å². The molecule has 2 heterocycles. The zero-order valence-electron chi connectivity index (χ0n) is 19.2. The zero-order valence-corrected chi connectivity index (χ0v) is 19.2. The number of carboxylic acid groups (broad SMARTS) is 1. The number of carbonyl (C=O) groups excluding carboxylic acids is 2. The first kappa shape index (κ1) is 23.5. The number of benzene rings is 2. The number of hydrogen-bond acceptors (Lipinski definition) is 6. The number of anilines is 1. The highest BCUT2D eigenvalue weighted by atomic mass is 16.5. The van der Waals surface area contributed by atoms with E-state index in [1.807, 2.05) is 48.0 Å². The summed E-state index contributed by atoms with van der Waals surface area (Å²) in [5.41, 5.74) is 8.63. The summed E-state index contributed by atoms with van der Waals surface area (Å²) in [4.78, 5) is 35.7. The molecule has 3 N–H and O–H groups in total. The van der Waals surface area contributed by atoms with Gasteiger partial charge in [-0.3, -0.25) is 9.59 Å². The number of aromatic carboxylic acids is 1. The predicted octanol–water partition coefficient (Wildman–Crippen LogP) is 3.72. The lowest BCUT2D eigenvalue weighted by Gasteiger charge is -2.13. The third kappa shape index (κ3) is 4.70. The van der Waals surface area contributed by atoms with E-state index in [4.69, 9.17) is 15.6 Å². The van der Waals surface area contributed by atoms with Gasteiger partial charge in [-0.2, -0.15) is 5.01 Å². The maximum absolute atomic E-state index is 12.9. The summed E-state index contributed by atoms with van der Waals surface area (Å²) in [6.07, 6.45) is 7.38. The van der Waals surface area contributed by atoms with Crippen LogP contribution in [0, 0.1) is 0 Å². The summed E-state index contributed by atoms with van der Waals surface area (Å²) < 4.78 is 6.83. The molecule has 0 spiro atoms. The molecule has 9 nitrogen and oxygen atoms in total. The van der Waals surface area contributed by atoms with Gasteiger partial charge in [0, 0.05) is 23.1 Å². The van der Waals surface area contributed by atoms with Crippen molar-refractivity contribution in [1.82, 2.24) is 4.57 Å². The number of aromatic nitrogens is 1. The molecule has 3 aromatic rings. The molecule has 0 saturated heterocycles. The number of rotatable bonds is 7. The normalized spacial score (nSPS) is 15.7. The quantitative estimate of drug-likeness (QED) is 0.399. The Hall–Kier alpha value is -4.66. The third-order valence-electron chi connectivity index (χ3n) is 5.74. The van der Waals surface area contributed by atoms with Crippen molar-refractivity contribution < 1.29 is 24.2 Å². The van der Waals surface area contributed by atoms with Gasteiger partial charge in [-0.15, -0.1) is 5.10 Å². The van der Waals surface area contributed by atoms with Crippen LogP contribution < -0.4 is 10.7 Å². The highest BCUT2D eigenvalue weighted by Crippen LogP contribution is 2.28. The molecule has 1 unspecified atom stereocenters. The molecule has 4 rings (SSSR count). The molecular weight excluding hydrogens is 448 g/mol. The zero-order chi connectivity index (χ0) is 25.1. The monoisotopic (exact) mass is 472 g/mol. The summed E-state index contributed by atoms with van der Waals surface area (Å²) in [7, 11) is 1.37. The molecule has 1 atom stereocenters. The third-order valence-corrected chi connectivity index (χ3v) is 5.74. The molecule has 1 aliphatic rings. The van der Waals surface area contributed by atoms with E-state index in [2.05, 4.69) is 5.10 Å². The van der Waals surface area contributed by atoms with E-state index in [1.165, 1.54) is 31.4 Å². The molecule has 0 bridgehead atoms. The van der Waals surface area contributed by atoms with E-state index < -0.39 is 11.9 Å². The topological polar surface area (TPSA) is 127 Å². The van der Waals surface area contributed by atoms with E-state index in [9.17, 15) is 14.4 Å². The largest absolute Gasteiger partial charge is 0.478 e. The van der Waals surface area contributed by atoms with Crippen molar-refractivity contribution in [2.45, 2.75) is 19.4 Å². The fourth-order valence-corrected chi connectivity index (χ4v) is 3.91. The Morgan fingerprint density at radius 2 is 1.89 bits per heavy atom. The fourth-order valence-electron chi connectivity index (χ4n) is 3.91. The molecule has 1 amide bonds. The maximum Gasteiger partial charge on any atom is 0.335 e. The van der Waals surface area contributed by atoms with Gasteiger partial charge in [0.05, 0.1) is 30.4 Å². The van der Waals surface area contributed by atoms with Gasteiger partial charge >= 0.3 is 11.9 Å². The number of carbonyl (C=O) groups is 3. The highest BCUT2D eigenvalue weighted by Gasteiger charge is 2.29. The smallest absolute Gasteiger partial charge is 0.335 e. The number of para-hydroxylation sites is 1. The number of esters is 1. The number of hydrogen-bond donors (Lipinski definition) is 2. The molecule has 0 fully saturated rings. The van der Waals surface area contributed by atoms with Gasteiger partial charge in [-0.05, 0) is 48.9 Å². The standard InChI is InChI=1S/C26H24N4O5/c1-16(14-23(31)35-2)29-15-18(20-7-3-4-9-22(20)29)6-5-8-21-24(27)28-30(25(21)32)19-12-10-17(11-13-19)26(33)34/h3-13,15-16H,14H2,1-2H3,(H2,27,28)(H,33,34)/b6-5+,21-8-. The van der Waals surface area contributed by atoms with Crippen molar-refractivity contribution in [3.8, 4) is 0 Å². The number of amides is 1. The molecule has 0 saturated carbocycles. The SMILES string of the molecule is COC(=O)CC(C)n1cc(/C=C/C=C2\C(=O)N(c3ccc(C(=O)O)cc3)N=C2N)c2ccccc21. The predicted molar refractivity (Wildman–Crippen MR) is 133 cm³/mol. The molecular formula is C26H24N4O5. The van der Waals surface area contributed by atoms with Crippen LogP contribution in [0.25, 0.3) is 17.0 Å². The van der Waals surface area contributed by atoms with Crippen LogP contribution in [0.1, 0.15) is 35.3 Å². The first-order chi connectivity index (χ1) is 16.8. The summed E-state index contributed by atoms with van der Waals surface area (Å²) in [6, 6.07) is 13.5. The lowest BCUT2D eigenvalue weighted by atomic mass is 10.1. The lowest BCUT2D eigenvalue weighted by Crippen LogP contribution is -2.22. The average molecular weight is 473 g/mol. The Labute approximate surface area is 201 Å². The van der Waals surface area contributed by atoms with Crippen LogP contribution in [0.3, 0.4) is 0 Å². The number of nitrogens with two attached hydrogens (primary N) is 1. The second-order valence-electron chi connectivity index (χ2n) is 8.03. The van der Waals surface area contributed by atoms with Gasteiger partial charge in [-0.1, -0.05) is 30.4 Å². The van der Waals surface area contributed by atoms with E-state index in [-0.39, 0.29) is 35.4 Å². The Kier molecular flexibility index (Phi) is 6.50. The first-order valence-electron chi connectivity index (χ1n) is 10.9. The summed E-state index contributed by atoms with van der Waals surface area (Å²) in [6.45, 7) is 1.95. The van der Waals surface area contributed by atoms with Crippen molar-refractivity contribution >= 4 is 46.3 Å². The van der Waals surface area contributed by atoms with Crippen molar-refractivity contribution in [2.24, 2.45) is 10.8 Å². The van der Waals surface area contributed by atoms with Crippen LogP contribution in [-0.4, -0.2) is 40.5 Å². The van der Waals surface area contributed by atoms with Crippen LogP contribution >= 0.6 is 0 Å². The maximum atomic E-state index is 12.9. The Morgan fingerprint density at radius 3 is 2.57 bits per heavy atom. The van der Waals surface area contributed by atoms with Crippen molar-refractivity contribution in [3.63, 3.8) is 0 Å². The summed E-state index contributed by atoms with van der Waals surface area (Å²) in [5.74, 6) is -1.69. The molecule has 178 valence electrons. The van der Waals surface area contributed by atoms with Gasteiger partial charge in [0.15, 0.2) is 5.84 Å². The molecule has 1 aromatic heterocycles. The molecule has 9 heteroatoms. The number of fused-ring (bicyclic) bond motifs is 1.